The lowest BCUT2D eigenvalue weighted by Crippen LogP contribution is -2.08. The van der Waals surface area contributed by atoms with E-state index in [0.717, 1.165) is 13.0 Å². The molecule has 4 nitrogen and oxygen atoms in total. The zero-order valence-corrected chi connectivity index (χ0v) is 9.85. The number of aromatic nitrogens is 2. The number of anilines is 2. The number of nitrogens with one attached hydrogen (secondary N) is 1. The van der Waals surface area contributed by atoms with Crippen molar-refractivity contribution in [1.29, 1.82) is 0 Å². The van der Waals surface area contributed by atoms with Crippen molar-refractivity contribution in [2.75, 3.05) is 17.6 Å². The van der Waals surface area contributed by atoms with Crippen molar-refractivity contribution >= 4 is 11.6 Å². The van der Waals surface area contributed by atoms with Crippen LogP contribution in [0.25, 0.3) is 0 Å². The molecule has 3 N–H and O–H groups in total. The van der Waals surface area contributed by atoms with Crippen LogP contribution in [0.15, 0.2) is 36.7 Å². The van der Waals surface area contributed by atoms with Crippen LogP contribution < -0.4 is 11.1 Å². The number of rotatable bonds is 4. The first kappa shape index (κ1) is 11.4. The molecule has 0 saturated heterocycles. The zero-order chi connectivity index (χ0) is 12.1. The van der Waals surface area contributed by atoms with Crippen LogP contribution in [-0.2, 0) is 6.42 Å². The van der Waals surface area contributed by atoms with Crippen LogP contribution in [-0.4, -0.2) is 16.5 Å². The average Bonchev–Trinajstić information content (AvgIpc) is 2.32. The third-order valence-corrected chi connectivity index (χ3v) is 2.45. The molecule has 88 valence electrons. The molecule has 0 amide bonds. The summed E-state index contributed by atoms with van der Waals surface area (Å²) in [4.78, 5) is 8.16. The lowest BCUT2D eigenvalue weighted by molar-refractivity contribution is 0.983. The molecule has 0 radical (unpaired) electrons. The fourth-order valence-electron chi connectivity index (χ4n) is 1.62. The Balaban J connectivity index is 1.85. The standard InChI is InChI=1S/C13H16N4/c1-10-3-2-4-11(7-10)5-6-15-13-16-8-12(14)9-17-13/h2-4,7-9H,5-6,14H2,1H3,(H,15,16,17). The van der Waals surface area contributed by atoms with E-state index >= 15 is 0 Å². The quantitative estimate of drug-likeness (QED) is 0.840. The number of nitrogens with two attached hydrogens (primary N) is 1. The first-order chi connectivity index (χ1) is 8.24. The molecule has 2 aromatic rings. The monoisotopic (exact) mass is 228 g/mol. The summed E-state index contributed by atoms with van der Waals surface area (Å²) < 4.78 is 0. The minimum atomic E-state index is 0.578. The molecule has 0 unspecified atom stereocenters. The molecule has 0 saturated carbocycles. The molecule has 0 aliphatic rings. The van der Waals surface area contributed by atoms with Crippen molar-refractivity contribution in [2.24, 2.45) is 0 Å². The maximum atomic E-state index is 5.51. The van der Waals surface area contributed by atoms with Crippen LogP contribution in [0.1, 0.15) is 11.1 Å². The van der Waals surface area contributed by atoms with Crippen LogP contribution in [0.2, 0.25) is 0 Å². The van der Waals surface area contributed by atoms with Crippen molar-refractivity contribution in [3.05, 3.63) is 47.8 Å². The normalized spacial score (nSPS) is 10.2. The van der Waals surface area contributed by atoms with Crippen molar-refractivity contribution in [3.63, 3.8) is 0 Å². The highest BCUT2D eigenvalue weighted by atomic mass is 15.1. The van der Waals surface area contributed by atoms with Crippen LogP contribution in [0.3, 0.4) is 0 Å². The van der Waals surface area contributed by atoms with Gasteiger partial charge >= 0.3 is 0 Å². The largest absolute Gasteiger partial charge is 0.396 e. The highest BCUT2D eigenvalue weighted by Crippen LogP contribution is 2.05. The molecule has 0 atom stereocenters. The number of nitrogen functional groups attached to an aromatic ring is 1. The van der Waals surface area contributed by atoms with E-state index in [2.05, 4.69) is 46.5 Å². The SMILES string of the molecule is Cc1cccc(CCNc2ncc(N)cn2)c1. The Morgan fingerprint density at radius 1 is 1.24 bits per heavy atom. The summed E-state index contributed by atoms with van der Waals surface area (Å²) in [6, 6.07) is 8.48. The Morgan fingerprint density at radius 3 is 2.71 bits per heavy atom. The van der Waals surface area contributed by atoms with Gasteiger partial charge in [0.25, 0.3) is 0 Å². The van der Waals surface area contributed by atoms with E-state index in [4.69, 9.17) is 5.73 Å². The molecular formula is C13H16N4. The van der Waals surface area contributed by atoms with Gasteiger partial charge in [0, 0.05) is 6.54 Å². The topological polar surface area (TPSA) is 63.8 Å². The second-order valence-electron chi connectivity index (χ2n) is 4.01. The van der Waals surface area contributed by atoms with Crippen LogP contribution in [0.4, 0.5) is 11.6 Å². The molecular weight excluding hydrogens is 212 g/mol. The minimum Gasteiger partial charge on any atom is -0.396 e. The Bertz CT molecular complexity index is 479. The summed E-state index contributed by atoms with van der Waals surface area (Å²) in [5, 5.41) is 3.16. The van der Waals surface area contributed by atoms with Crippen molar-refractivity contribution in [2.45, 2.75) is 13.3 Å². The average molecular weight is 228 g/mol. The number of hydrogen-bond donors (Lipinski definition) is 2. The van der Waals surface area contributed by atoms with Gasteiger partial charge in [0.15, 0.2) is 0 Å². The van der Waals surface area contributed by atoms with Gasteiger partial charge in [0.2, 0.25) is 5.95 Å². The van der Waals surface area contributed by atoms with Crippen LogP contribution in [0, 0.1) is 6.92 Å². The Morgan fingerprint density at radius 2 is 2.00 bits per heavy atom. The molecule has 17 heavy (non-hydrogen) atoms. The molecule has 0 spiro atoms. The summed E-state index contributed by atoms with van der Waals surface area (Å²) in [7, 11) is 0. The number of hydrogen-bond acceptors (Lipinski definition) is 4. The van der Waals surface area contributed by atoms with Gasteiger partial charge in [-0.05, 0) is 18.9 Å². The first-order valence-electron chi connectivity index (χ1n) is 5.61. The van der Waals surface area contributed by atoms with Crippen molar-refractivity contribution in [3.8, 4) is 0 Å². The third kappa shape index (κ3) is 3.45. The Labute approximate surface area is 101 Å². The van der Waals surface area contributed by atoms with E-state index in [1.54, 1.807) is 12.4 Å². The lowest BCUT2D eigenvalue weighted by atomic mass is 10.1. The van der Waals surface area contributed by atoms with E-state index in [-0.39, 0.29) is 0 Å². The summed E-state index contributed by atoms with van der Waals surface area (Å²) >= 11 is 0. The van der Waals surface area contributed by atoms with E-state index in [9.17, 15) is 0 Å². The fourth-order valence-corrected chi connectivity index (χ4v) is 1.62. The zero-order valence-electron chi connectivity index (χ0n) is 9.85. The summed E-state index contributed by atoms with van der Waals surface area (Å²) in [6.07, 6.45) is 4.15. The van der Waals surface area contributed by atoms with Gasteiger partial charge in [-0.25, -0.2) is 9.97 Å². The smallest absolute Gasteiger partial charge is 0.222 e. The predicted octanol–water partition coefficient (Wildman–Crippen LogP) is 2.02. The molecule has 2 rings (SSSR count). The van der Waals surface area contributed by atoms with Crippen molar-refractivity contribution in [1.82, 2.24) is 9.97 Å². The molecule has 1 heterocycles. The predicted molar refractivity (Wildman–Crippen MR) is 69.8 cm³/mol. The molecule has 0 bridgehead atoms. The van der Waals surface area contributed by atoms with Crippen molar-refractivity contribution < 1.29 is 0 Å². The van der Waals surface area contributed by atoms with Gasteiger partial charge in [-0.3, -0.25) is 0 Å². The first-order valence-corrected chi connectivity index (χ1v) is 5.61. The van der Waals surface area contributed by atoms with Gasteiger partial charge in [-0.15, -0.1) is 0 Å². The molecule has 0 fully saturated rings. The maximum Gasteiger partial charge on any atom is 0.222 e. The molecule has 1 aromatic carbocycles. The molecule has 4 heteroatoms. The molecule has 1 aromatic heterocycles. The third-order valence-electron chi connectivity index (χ3n) is 2.45. The van der Waals surface area contributed by atoms with Gasteiger partial charge < -0.3 is 11.1 Å². The summed E-state index contributed by atoms with van der Waals surface area (Å²) in [5.41, 5.74) is 8.68. The van der Waals surface area contributed by atoms with Gasteiger partial charge in [0.05, 0.1) is 18.1 Å². The second kappa shape index (κ2) is 5.30. The molecule has 0 aliphatic carbocycles. The van der Waals surface area contributed by atoms with Crippen LogP contribution in [0.5, 0.6) is 0 Å². The second-order valence-corrected chi connectivity index (χ2v) is 4.01. The van der Waals surface area contributed by atoms with Gasteiger partial charge in [0.1, 0.15) is 0 Å². The Kier molecular flexibility index (Phi) is 3.55. The maximum absolute atomic E-state index is 5.51. The number of benzene rings is 1. The number of aryl methyl sites for hydroxylation is 1. The van der Waals surface area contributed by atoms with Gasteiger partial charge in [-0.2, -0.15) is 0 Å². The fraction of sp³-hybridized carbons (Fsp3) is 0.231. The Hall–Kier alpha value is -2.10. The number of nitrogens with zero attached hydrogens (tertiary/aromatic N) is 2. The van der Waals surface area contributed by atoms with E-state index < -0.39 is 0 Å². The van der Waals surface area contributed by atoms with E-state index in [0.29, 0.717) is 11.6 Å². The lowest BCUT2D eigenvalue weighted by Gasteiger charge is -2.05. The summed E-state index contributed by atoms with van der Waals surface area (Å²) in [6.45, 7) is 2.91. The summed E-state index contributed by atoms with van der Waals surface area (Å²) in [5.74, 6) is 0.617. The van der Waals surface area contributed by atoms with E-state index in [1.165, 1.54) is 11.1 Å². The minimum absolute atomic E-state index is 0.578. The highest BCUT2D eigenvalue weighted by Gasteiger charge is 1.96. The highest BCUT2D eigenvalue weighted by molar-refractivity contribution is 5.36. The van der Waals surface area contributed by atoms with E-state index in [1.807, 2.05) is 0 Å². The molecule has 0 aliphatic heterocycles. The van der Waals surface area contributed by atoms with Crippen LogP contribution >= 0.6 is 0 Å². The van der Waals surface area contributed by atoms with Gasteiger partial charge in [-0.1, -0.05) is 29.8 Å².